The van der Waals surface area contributed by atoms with Crippen LogP contribution < -0.4 is 0 Å². The van der Waals surface area contributed by atoms with Gasteiger partial charge in [-0.05, 0) is 19.3 Å². The van der Waals surface area contributed by atoms with Crippen LogP contribution in [-0.4, -0.2) is 41.0 Å². The fourth-order valence-electron chi connectivity index (χ4n) is 2.04. The second kappa shape index (κ2) is 4.64. The molecule has 2 rings (SSSR count). The molecule has 6 heteroatoms. The van der Waals surface area contributed by atoms with Crippen LogP contribution in [0.4, 0.5) is 0 Å². The summed E-state index contributed by atoms with van der Waals surface area (Å²) >= 11 is 0. The maximum absolute atomic E-state index is 12.2. The lowest BCUT2D eigenvalue weighted by Gasteiger charge is -2.08. The van der Waals surface area contributed by atoms with Gasteiger partial charge in [-0.25, -0.2) is 4.79 Å². The minimum atomic E-state index is -1.16. The normalized spacial score (nSPS) is 17.4. The molecule has 0 fully saturated rings. The maximum Gasteiger partial charge on any atom is 0.358 e. The highest BCUT2D eigenvalue weighted by Crippen LogP contribution is 2.26. The van der Waals surface area contributed by atoms with Crippen molar-refractivity contribution < 1.29 is 19.2 Å². The van der Waals surface area contributed by atoms with Crippen LogP contribution in [0.25, 0.3) is 0 Å². The highest BCUT2D eigenvalue weighted by Gasteiger charge is 2.30. The van der Waals surface area contributed by atoms with Crippen molar-refractivity contribution in [3.63, 3.8) is 0 Å². The van der Waals surface area contributed by atoms with Crippen LogP contribution in [0.2, 0.25) is 0 Å². The minimum Gasteiger partial charge on any atom is -0.476 e. The van der Waals surface area contributed by atoms with E-state index in [1.165, 1.54) is 0 Å². The fraction of sp³-hybridized carbons (Fsp3) is 0.417. The molecule has 6 nitrogen and oxygen atoms in total. The Morgan fingerprint density at radius 2 is 2.17 bits per heavy atom. The quantitative estimate of drug-likeness (QED) is 0.629. The number of carboxylic acids is 1. The standard InChI is InChI=1S/C12H14N2O4/c1-14(2)6-7-4-3-5-8-9(12(16)17)13-18-11(8)10(7)15/h6H,3-5H2,1-2H3,(H,16,17)/b7-6+. The summed E-state index contributed by atoms with van der Waals surface area (Å²) in [5, 5.41) is 12.4. The van der Waals surface area contributed by atoms with E-state index in [-0.39, 0.29) is 17.2 Å². The first-order valence-corrected chi connectivity index (χ1v) is 5.64. The van der Waals surface area contributed by atoms with Crippen LogP contribution in [0.15, 0.2) is 16.3 Å². The number of aromatic carboxylic acids is 1. The zero-order chi connectivity index (χ0) is 13.3. The van der Waals surface area contributed by atoms with Gasteiger partial charge < -0.3 is 14.5 Å². The van der Waals surface area contributed by atoms with Gasteiger partial charge in [-0.2, -0.15) is 0 Å². The number of hydrogen-bond donors (Lipinski definition) is 1. The molecule has 0 amide bonds. The first-order chi connectivity index (χ1) is 8.50. The van der Waals surface area contributed by atoms with E-state index in [4.69, 9.17) is 9.63 Å². The number of nitrogens with zero attached hydrogens (tertiary/aromatic N) is 2. The molecule has 0 aliphatic heterocycles. The number of hydrogen-bond acceptors (Lipinski definition) is 5. The number of ketones is 1. The minimum absolute atomic E-state index is 0.0676. The molecule has 1 aromatic heterocycles. The molecule has 1 aromatic rings. The Bertz CT molecular complexity index is 528. The molecular weight excluding hydrogens is 236 g/mol. The maximum atomic E-state index is 12.2. The molecule has 0 unspecified atom stereocenters. The van der Waals surface area contributed by atoms with Gasteiger partial charge in [0.25, 0.3) is 0 Å². The summed E-state index contributed by atoms with van der Waals surface area (Å²) in [5.74, 6) is -1.36. The summed E-state index contributed by atoms with van der Waals surface area (Å²) in [6.45, 7) is 0. The van der Waals surface area contributed by atoms with E-state index >= 15 is 0 Å². The summed E-state index contributed by atoms with van der Waals surface area (Å²) in [5.41, 5.74) is 0.881. The molecule has 0 radical (unpaired) electrons. The van der Waals surface area contributed by atoms with E-state index < -0.39 is 5.97 Å². The molecule has 1 aliphatic rings. The number of Topliss-reactive ketones (excluding diaryl/α,β-unsaturated/α-hetero) is 1. The van der Waals surface area contributed by atoms with Crippen molar-refractivity contribution >= 4 is 11.8 Å². The third-order valence-corrected chi connectivity index (χ3v) is 2.78. The van der Waals surface area contributed by atoms with Crippen molar-refractivity contribution in [1.29, 1.82) is 0 Å². The van der Waals surface area contributed by atoms with Gasteiger partial charge >= 0.3 is 5.97 Å². The molecule has 1 aliphatic carbocycles. The van der Waals surface area contributed by atoms with Gasteiger partial charge in [-0.1, -0.05) is 5.16 Å². The average molecular weight is 250 g/mol. The van der Waals surface area contributed by atoms with Crippen molar-refractivity contribution in [3.05, 3.63) is 28.8 Å². The lowest BCUT2D eigenvalue weighted by Crippen LogP contribution is -2.09. The van der Waals surface area contributed by atoms with Gasteiger partial charge in [0.1, 0.15) is 0 Å². The largest absolute Gasteiger partial charge is 0.476 e. The second-order valence-corrected chi connectivity index (χ2v) is 4.44. The summed E-state index contributed by atoms with van der Waals surface area (Å²) in [6.07, 6.45) is 3.55. The highest BCUT2D eigenvalue weighted by atomic mass is 16.5. The Kier molecular flexibility index (Phi) is 3.18. The van der Waals surface area contributed by atoms with Crippen molar-refractivity contribution in [2.75, 3.05) is 14.1 Å². The molecule has 0 atom stereocenters. The van der Waals surface area contributed by atoms with E-state index in [9.17, 15) is 9.59 Å². The Morgan fingerprint density at radius 1 is 1.44 bits per heavy atom. The van der Waals surface area contributed by atoms with Crippen LogP contribution in [0, 0.1) is 0 Å². The first-order valence-electron chi connectivity index (χ1n) is 5.64. The number of rotatable bonds is 2. The number of fused-ring (bicyclic) bond motifs is 1. The summed E-state index contributed by atoms with van der Waals surface area (Å²) in [7, 11) is 3.66. The molecule has 18 heavy (non-hydrogen) atoms. The molecule has 0 spiro atoms. The van der Waals surface area contributed by atoms with Crippen LogP contribution in [0.3, 0.4) is 0 Å². The van der Waals surface area contributed by atoms with Gasteiger partial charge in [0.05, 0.1) is 0 Å². The molecule has 0 saturated heterocycles. The molecule has 96 valence electrons. The van der Waals surface area contributed by atoms with Crippen molar-refractivity contribution in [2.24, 2.45) is 0 Å². The number of carbonyl (C=O) groups excluding carboxylic acids is 1. The van der Waals surface area contributed by atoms with E-state index in [1.54, 1.807) is 11.1 Å². The summed E-state index contributed by atoms with van der Waals surface area (Å²) in [4.78, 5) is 24.9. The molecule has 0 aromatic carbocycles. The molecule has 0 bridgehead atoms. The van der Waals surface area contributed by atoms with E-state index in [0.717, 1.165) is 0 Å². The predicted octanol–water partition coefficient (Wildman–Crippen LogP) is 1.34. The SMILES string of the molecule is CN(C)/C=C1\CCCc2c(C(=O)O)noc2C1=O. The Labute approximate surface area is 104 Å². The summed E-state index contributed by atoms with van der Waals surface area (Å²) in [6, 6.07) is 0. The van der Waals surface area contributed by atoms with Crippen LogP contribution in [0.5, 0.6) is 0 Å². The third-order valence-electron chi connectivity index (χ3n) is 2.78. The Hall–Kier alpha value is -2.11. The van der Waals surface area contributed by atoms with Crippen molar-refractivity contribution in [1.82, 2.24) is 10.1 Å². The van der Waals surface area contributed by atoms with Gasteiger partial charge in [0, 0.05) is 31.4 Å². The van der Waals surface area contributed by atoms with Crippen LogP contribution >= 0.6 is 0 Å². The zero-order valence-electron chi connectivity index (χ0n) is 10.3. The second-order valence-electron chi connectivity index (χ2n) is 4.44. The molecule has 1 N–H and O–H groups in total. The van der Waals surface area contributed by atoms with Gasteiger partial charge in [-0.15, -0.1) is 0 Å². The van der Waals surface area contributed by atoms with Gasteiger partial charge in [0.15, 0.2) is 5.69 Å². The topological polar surface area (TPSA) is 83.6 Å². The fourth-order valence-corrected chi connectivity index (χ4v) is 2.04. The first kappa shape index (κ1) is 12.3. The monoisotopic (exact) mass is 250 g/mol. The molecule has 1 heterocycles. The van der Waals surface area contributed by atoms with Gasteiger partial charge in [0.2, 0.25) is 11.5 Å². The zero-order valence-corrected chi connectivity index (χ0v) is 10.3. The number of allylic oxidation sites excluding steroid dienone is 1. The average Bonchev–Trinajstić information content (AvgIpc) is 2.64. The Morgan fingerprint density at radius 3 is 2.78 bits per heavy atom. The number of carboxylic acid groups (broad SMARTS) is 1. The highest BCUT2D eigenvalue weighted by molar-refractivity contribution is 6.09. The lowest BCUT2D eigenvalue weighted by molar-refractivity contribution is 0.0683. The smallest absolute Gasteiger partial charge is 0.358 e. The molecular formula is C12H14N2O4. The van der Waals surface area contributed by atoms with Crippen molar-refractivity contribution in [3.8, 4) is 0 Å². The van der Waals surface area contributed by atoms with E-state index in [0.29, 0.717) is 30.4 Å². The lowest BCUT2D eigenvalue weighted by atomic mass is 10.1. The molecule has 0 saturated carbocycles. The third kappa shape index (κ3) is 2.13. The Balaban J connectivity index is 2.45. The predicted molar refractivity (Wildman–Crippen MR) is 62.5 cm³/mol. The van der Waals surface area contributed by atoms with Crippen molar-refractivity contribution in [2.45, 2.75) is 19.3 Å². The summed E-state index contributed by atoms with van der Waals surface area (Å²) < 4.78 is 4.91. The number of aromatic nitrogens is 1. The van der Waals surface area contributed by atoms with Crippen LogP contribution in [0.1, 0.15) is 39.4 Å². The van der Waals surface area contributed by atoms with Crippen LogP contribution in [-0.2, 0) is 6.42 Å². The number of carbonyl (C=O) groups is 2. The van der Waals surface area contributed by atoms with E-state index in [1.807, 2.05) is 14.1 Å². The van der Waals surface area contributed by atoms with Gasteiger partial charge in [-0.3, -0.25) is 4.79 Å². The van der Waals surface area contributed by atoms with E-state index in [2.05, 4.69) is 5.16 Å².